The molecule has 2 aliphatic rings. The van der Waals surface area contributed by atoms with Crippen molar-refractivity contribution in [1.29, 1.82) is 0 Å². The Labute approximate surface area is 109 Å². The zero-order chi connectivity index (χ0) is 12.5. The summed E-state index contributed by atoms with van der Waals surface area (Å²) < 4.78 is 0. The van der Waals surface area contributed by atoms with Crippen molar-refractivity contribution in [2.45, 2.75) is 79.1 Å². The molecule has 0 aliphatic heterocycles. The Morgan fingerprint density at radius 3 is 2.53 bits per heavy atom. The molecule has 0 aromatic carbocycles. The van der Waals surface area contributed by atoms with Gasteiger partial charge in [-0.05, 0) is 61.2 Å². The SMILES string of the molecule is CC(C)CCC12CCCC(CC(C(C)C)C1)C2. The largest absolute Gasteiger partial charge is 0.0628 e. The maximum atomic E-state index is 2.45. The number of hydrogen-bond donors (Lipinski definition) is 0. The fraction of sp³-hybridized carbons (Fsp3) is 1.00. The molecular formula is C17H32. The Morgan fingerprint density at radius 2 is 1.88 bits per heavy atom. The molecule has 2 fully saturated rings. The molecule has 3 unspecified atom stereocenters. The molecular weight excluding hydrogens is 204 g/mol. The van der Waals surface area contributed by atoms with Gasteiger partial charge < -0.3 is 0 Å². The van der Waals surface area contributed by atoms with E-state index in [0.717, 1.165) is 29.1 Å². The van der Waals surface area contributed by atoms with Crippen LogP contribution in [0.3, 0.4) is 0 Å². The van der Waals surface area contributed by atoms with Gasteiger partial charge in [-0.2, -0.15) is 0 Å². The second-order valence-corrected chi connectivity index (χ2v) is 7.84. The van der Waals surface area contributed by atoms with Gasteiger partial charge in [0.25, 0.3) is 0 Å². The van der Waals surface area contributed by atoms with Gasteiger partial charge in [-0.25, -0.2) is 0 Å². The molecule has 17 heavy (non-hydrogen) atoms. The van der Waals surface area contributed by atoms with Gasteiger partial charge in [-0.3, -0.25) is 0 Å². The van der Waals surface area contributed by atoms with E-state index in [2.05, 4.69) is 27.7 Å². The van der Waals surface area contributed by atoms with Crippen molar-refractivity contribution < 1.29 is 0 Å². The summed E-state index contributed by atoms with van der Waals surface area (Å²) in [7, 11) is 0. The molecule has 2 bridgehead atoms. The minimum absolute atomic E-state index is 0.764. The van der Waals surface area contributed by atoms with Crippen LogP contribution in [0.4, 0.5) is 0 Å². The van der Waals surface area contributed by atoms with Gasteiger partial charge in [0.2, 0.25) is 0 Å². The summed E-state index contributed by atoms with van der Waals surface area (Å²) >= 11 is 0. The Hall–Kier alpha value is 0. The first-order valence-corrected chi connectivity index (χ1v) is 8.01. The fourth-order valence-electron chi connectivity index (χ4n) is 4.47. The lowest BCUT2D eigenvalue weighted by atomic mass is 9.55. The maximum absolute atomic E-state index is 2.45. The molecule has 0 spiro atoms. The molecule has 2 aliphatic carbocycles. The second-order valence-electron chi connectivity index (χ2n) is 7.84. The molecule has 0 heteroatoms. The number of fused-ring (bicyclic) bond motifs is 2. The third-order valence-corrected chi connectivity index (χ3v) is 5.57. The molecule has 0 saturated heterocycles. The van der Waals surface area contributed by atoms with Crippen molar-refractivity contribution in [3.8, 4) is 0 Å². The van der Waals surface area contributed by atoms with Gasteiger partial charge in [-0.15, -0.1) is 0 Å². The third kappa shape index (κ3) is 3.26. The van der Waals surface area contributed by atoms with Gasteiger partial charge in [0.1, 0.15) is 0 Å². The Morgan fingerprint density at radius 1 is 1.12 bits per heavy atom. The van der Waals surface area contributed by atoms with Crippen LogP contribution in [-0.2, 0) is 0 Å². The molecule has 3 atom stereocenters. The van der Waals surface area contributed by atoms with Crippen LogP contribution in [-0.4, -0.2) is 0 Å². The van der Waals surface area contributed by atoms with Gasteiger partial charge >= 0.3 is 0 Å². The van der Waals surface area contributed by atoms with Crippen molar-refractivity contribution in [3.05, 3.63) is 0 Å². The normalized spacial score (nSPS) is 37.8. The smallest absolute Gasteiger partial charge is 0.0292 e. The fourth-order valence-corrected chi connectivity index (χ4v) is 4.47. The molecule has 0 radical (unpaired) electrons. The van der Waals surface area contributed by atoms with E-state index in [1.165, 1.54) is 25.7 Å². The minimum Gasteiger partial charge on any atom is -0.0628 e. The second kappa shape index (κ2) is 5.33. The van der Waals surface area contributed by atoms with Crippen molar-refractivity contribution in [2.24, 2.45) is 29.1 Å². The summed E-state index contributed by atoms with van der Waals surface area (Å²) in [5.74, 6) is 3.91. The maximum Gasteiger partial charge on any atom is -0.0292 e. The van der Waals surface area contributed by atoms with E-state index in [1.54, 1.807) is 25.7 Å². The number of rotatable bonds is 4. The molecule has 2 saturated carbocycles. The highest BCUT2D eigenvalue weighted by atomic mass is 14.5. The molecule has 0 aromatic rings. The average Bonchev–Trinajstić information content (AvgIpc) is 2.26. The van der Waals surface area contributed by atoms with Crippen LogP contribution in [0.5, 0.6) is 0 Å². The lowest BCUT2D eigenvalue weighted by molar-refractivity contribution is 0.0131. The average molecular weight is 236 g/mol. The Kier molecular flexibility index (Phi) is 4.21. The zero-order valence-electron chi connectivity index (χ0n) is 12.5. The quantitative estimate of drug-likeness (QED) is 0.590. The summed E-state index contributed by atoms with van der Waals surface area (Å²) in [6.45, 7) is 9.67. The van der Waals surface area contributed by atoms with E-state index in [0.29, 0.717) is 0 Å². The summed E-state index contributed by atoms with van der Waals surface area (Å²) in [4.78, 5) is 0. The summed E-state index contributed by atoms with van der Waals surface area (Å²) in [5, 5.41) is 0. The van der Waals surface area contributed by atoms with Crippen LogP contribution in [0.2, 0.25) is 0 Å². The van der Waals surface area contributed by atoms with Gasteiger partial charge in [-0.1, -0.05) is 47.0 Å². The molecule has 0 N–H and O–H groups in total. The monoisotopic (exact) mass is 236 g/mol. The number of hydrogen-bond acceptors (Lipinski definition) is 0. The lowest BCUT2D eigenvalue weighted by Gasteiger charge is -2.50. The highest BCUT2D eigenvalue weighted by molar-refractivity contribution is 4.94. The predicted octanol–water partition coefficient (Wildman–Crippen LogP) is 5.67. The first-order chi connectivity index (χ1) is 8.01. The predicted molar refractivity (Wildman–Crippen MR) is 76.0 cm³/mol. The van der Waals surface area contributed by atoms with Crippen LogP contribution in [0.1, 0.15) is 79.1 Å². The van der Waals surface area contributed by atoms with Gasteiger partial charge in [0.15, 0.2) is 0 Å². The minimum atomic E-state index is 0.764. The molecule has 100 valence electrons. The summed E-state index contributed by atoms with van der Waals surface area (Å²) in [6.07, 6.45) is 12.2. The van der Waals surface area contributed by atoms with Crippen LogP contribution in [0.15, 0.2) is 0 Å². The lowest BCUT2D eigenvalue weighted by Crippen LogP contribution is -2.38. The van der Waals surface area contributed by atoms with E-state index in [9.17, 15) is 0 Å². The highest BCUT2D eigenvalue weighted by Gasteiger charge is 2.43. The third-order valence-electron chi connectivity index (χ3n) is 5.57. The van der Waals surface area contributed by atoms with Crippen LogP contribution >= 0.6 is 0 Å². The van der Waals surface area contributed by atoms with Gasteiger partial charge in [0.05, 0.1) is 0 Å². The molecule has 0 aromatic heterocycles. The molecule has 0 nitrogen and oxygen atoms in total. The zero-order valence-corrected chi connectivity index (χ0v) is 12.5. The van der Waals surface area contributed by atoms with E-state index in [4.69, 9.17) is 0 Å². The van der Waals surface area contributed by atoms with E-state index in [1.807, 2.05) is 0 Å². The Bertz CT molecular complexity index is 240. The van der Waals surface area contributed by atoms with Crippen LogP contribution in [0, 0.1) is 29.1 Å². The standard InChI is InChI=1S/C17H32/c1-13(2)7-9-17-8-5-6-15(11-17)10-16(12-17)14(3)4/h13-16H,5-12H2,1-4H3. The van der Waals surface area contributed by atoms with E-state index >= 15 is 0 Å². The van der Waals surface area contributed by atoms with Crippen LogP contribution < -0.4 is 0 Å². The van der Waals surface area contributed by atoms with E-state index < -0.39 is 0 Å². The topological polar surface area (TPSA) is 0 Å². The Balaban J connectivity index is 2.02. The highest BCUT2D eigenvalue weighted by Crippen LogP contribution is 2.55. The molecule has 2 rings (SSSR count). The van der Waals surface area contributed by atoms with Crippen molar-refractivity contribution in [1.82, 2.24) is 0 Å². The van der Waals surface area contributed by atoms with Crippen molar-refractivity contribution >= 4 is 0 Å². The van der Waals surface area contributed by atoms with Gasteiger partial charge in [0, 0.05) is 0 Å². The molecule has 0 heterocycles. The summed E-state index contributed by atoms with van der Waals surface area (Å²) in [6, 6.07) is 0. The van der Waals surface area contributed by atoms with Crippen molar-refractivity contribution in [2.75, 3.05) is 0 Å². The summed E-state index contributed by atoms with van der Waals surface area (Å²) in [5.41, 5.74) is 0.764. The van der Waals surface area contributed by atoms with Crippen LogP contribution in [0.25, 0.3) is 0 Å². The molecule has 0 amide bonds. The van der Waals surface area contributed by atoms with E-state index in [-0.39, 0.29) is 0 Å². The first kappa shape index (κ1) is 13.4. The first-order valence-electron chi connectivity index (χ1n) is 8.01. The van der Waals surface area contributed by atoms with Crippen molar-refractivity contribution in [3.63, 3.8) is 0 Å².